The lowest BCUT2D eigenvalue weighted by Crippen LogP contribution is -2.45. The molecule has 0 amide bonds. The minimum absolute atomic E-state index is 0.0206. The van der Waals surface area contributed by atoms with Gasteiger partial charge in [-0.1, -0.05) is 12.1 Å². The Balaban J connectivity index is 2.17. The van der Waals surface area contributed by atoms with Crippen molar-refractivity contribution in [1.29, 1.82) is 0 Å². The summed E-state index contributed by atoms with van der Waals surface area (Å²) in [6, 6.07) is 3.63. The standard InChI is InChI=1S/C15H17F3N3O6PS/c16-15(17,18)12-3-1-11(2-4-12)14(27-28(22,23)24,7-21-10-19-9-20-21)13(5-6-13)8-29(25)26/h1-4,9-10H,5-8H2,(H,25,26)(H2,22,23,24). The van der Waals surface area contributed by atoms with Gasteiger partial charge >= 0.3 is 14.0 Å². The molecule has 1 aromatic heterocycles. The van der Waals surface area contributed by atoms with Gasteiger partial charge in [0.05, 0.1) is 17.9 Å². The number of halogens is 3. The lowest BCUT2D eigenvalue weighted by molar-refractivity contribution is -0.137. The summed E-state index contributed by atoms with van der Waals surface area (Å²) in [6.07, 6.45) is -1.66. The molecule has 3 rings (SSSR count). The van der Waals surface area contributed by atoms with Crippen molar-refractivity contribution in [2.24, 2.45) is 5.41 Å². The van der Waals surface area contributed by atoms with E-state index in [4.69, 9.17) is 4.52 Å². The number of alkyl halides is 3. The summed E-state index contributed by atoms with van der Waals surface area (Å²) in [5, 5.41) is 3.89. The highest BCUT2D eigenvalue weighted by molar-refractivity contribution is 7.79. The van der Waals surface area contributed by atoms with E-state index >= 15 is 0 Å². The second-order valence-corrected chi connectivity index (χ2v) is 8.92. The molecule has 1 heterocycles. The Morgan fingerprint density at radius 1 is 1.21 bits per heavy atom. The minimum atomic E-state index is -5.18. The van der Waals surface area contributed by atoms with Gasteiger partial charge in [-0.15, -0.1) is 0 Å². The third-order valence-electron chi connectivity index (χ3n) is 4.91. The largest absolute Gasteiger partial charge is 0.470 e. The average molecular weight is 455 g/mol. The molecule has 14 heteroatoms. The smallest absolute Gasteiger partial charge is 0.306 e. The van der Waals surface area contributed by atoms with E-state index in [1.54, 1.807) is 0 Å². The van der Waals surface area contributed by atoms with E-state index in [0.29, 0.717) is 0 Å². The third-order valence-corrected chi connectivity index (χ3v) is 6.26. The summed E-state index contributed by atoms with van der Waals surface area (Å²) in [4.78, 5) is 22.9. The van der Waals surface area contributed by atoms with Crippen molar-refractivity contribution < 1.29 is 40.8 Å². The van der Waals surface area contributed by atoms with Gasteiger partial charge in [-0.2, -0.15) is 18.3 Å². The molecule has 2 aromatic rings. The molecule has 0 aliphatic heterocycles. The molecule has 1 fully saturated rings. The van der Waals surface area contributed by atoms with Crippen LogP contribution in [-0.2, 0) is 38.5 Å². The predicted molar refractivity (Wildman–Crippen MR) is 93.6 cm³/mol. The molecule has 29 heavy (non-hydrogen) atoms. The van der Waals surface area contributed by atoms with Crippen LogP contribution in [0.5, 0.6) is 0 Å². The summed E-state index contributed by atoms with van der Waals surface area (Å²) >= 11 is -2.35. The SMILES string of the molecule is O=S(O)CC1(C(Cn2cncn2)(OP(=O)(O)O)c2ccc(C(F)(F)F)cc2)CC1. The van der Waals surface area contributed by atoms with Gasteiger partial charge in [-0.05, 0) is 30.5 Å². The number of nitrogens with zero attached hydrogens (tertiary/aromatic N) is 3. The number of hydrogen-bond acceptors (Lipinski definition) is 5. The van der Waals surface area contributed by atoms with Crippen molar-refractivity contribution in [2.45, 2.75) is 31.2 Å². The molecule has 1 aliphatic carbocycles. The fourth-order valence-electron chi connectivity index (χ4n) is 3.47. The lowest BCUT2D eigenvalue weighted by atomic mass is 9.79. The first-order chi connectivity index (χ1) is 13.4. The van der Waals surface area contributed by atoms with E-state index in [1.165, 1.54) is 17.3 Å². The first-order valence-corrected chi connectivity index (χ1v) is 11.0. The number of aromatic nitrogens is 3. The van der Waals surface area contributed by atoms with E-state index in [0.717, 1.165) is 24.3 Å². The van der Waals surface area contributed by atoms with Crippen LogP contribution in [0.25, 0.3) is 0 Å². The molecule has 0 radical (unpaired) electrons. The van der Waals surface area contributed by atoms with Crippen molar-refractivity contribution in [3.8, 4) is 0 Å². The van der Waals surface area contributed by atoms with Crippen LogP contribution in [0, 0.1) is 5.41 Å². The summed E-state index contributed by atoms with van der Waals surface area (Å²) in [7, 11) is -5.18. The number of benzene rings is 1. The van der Waals surface area contributed by atoms with Gasteiger partial charge in [-0.3, -0.25) is 4.52 Å². The van der Waals surface area contributed by atoms with Crippen molar-refractivity contribution in [1.82, 2.24) is 14.8 Å². The summed E-state index contributed by atoms with van der Waals surface area (Å²) < 4.78 is 78.1. The summed E-state index contributed by atoms with van der Waals surface area (Å²) in [5.74, 6) is -0.386. The first-order valence-electron chi connectivity index (χ1n) is 8.21. The molecular weight excluding hydrogens is 438 g/mol. The molecule has 0 spiro atoms. The minimum Gasteiger partial charge on any atom is -0.306 e. The monoisotopic (exact) mass is 455 g/mol. The molecule has 2 unspecified atom stereocenters. The van der Waals surface area contributed by atoms with Crippen molar-refractivity contribution in [3.63, 3.8) is 0 Å². The van der Waals surface area contributed by atoms with Crippen LogP contribution in [0.2, 0.25) is 0 Å². The van der Waals surface area contributed by atoms with Crippen LogP contribution in [0.3, 0.4) is 0 Å². The highest BCUT2D eigenvalue weighted by Crippen LogP contribution is 2.65. The maximum Gasteiger partial charge on any atom is 0.470 e. The third kappa shape index (κ3) is 4.76. The zero-order valence-corrected chi connectivity index (χ0v) is 16.4. The van der Waals surface area contributed by atoms with Gasteiger partial charge in [0.1, 0.15) is 18.3 Å². The topological polar surface area (TPSA) is 135 Å². The number of hydrogen-bond donors (Lipinski definition) is 3. The predicted octanol–water partition coefficient (Wildman–Crippen LogP) is 2.30. The molecular formula is C15H17F3N3O6PS. The van der Waals surface area contributed by atoms with Gasteiger partial charge in [0, 0.05) is 5.41 Å². The quantitative estimate of drug-likeness (QED) is 0.408. The Morgan fingerprint density at radius 3 is 2.21 bits per heavy atom. The normalized spacial score (nSPS) is 19.5. The lowest BCUT2D eigenvalue weighted by Gasteiger charge is -2.41. The molecule has 9 nitrogen and oxygen atoms in total. The number of phosphoric ester groups is 1. The van der Waals surface area contributed by atoms with Crippen molar-refractivity contribution in [3.05, 3.63) is 48.0 Å². The molecule has 1 aliphatic rings. The van der Waals surface area contributed by atoms with Gasteiger partial charge in [0.2, 0.25) is 0 Å². The van der Waals surface area contributed by atoms with E-state index in [1.807, 2.05) is 0 Å². The fraction of sp³-hybridized carbons (Fsp3) is 0.467. The second kappa shape index (κ2) is 7.56. The van der Waals surface area contributed by atoms with Crippen LogP contribution >= 0.6 is 7.82 Å². The van der Waals surface area contributed by atoms with Crippen molar-refractivity contribution >= 4 is 18.9 Å². The molecule has 0 saturated heterocycles. The van der Waals surface area contributed by atoms with Crippen LogP contribution in [-0.4, -0.2) is 39.1 Å². The fourth-order valence-corrected chi connectivity index (χ4v) is 5.23. The molecule has 1 aromatic carbocycles. The number of rotatable bonds is 8. The Kier molecular flexibility index (Phi) is 5.75. The summed E-state index contributed by atoms with van der Waals surface area (Å²) in [6.45, 7) is -0.333. The Morgan fingerprint density at radius 2 is 1.79 bits per heavy atom. The molecule has 1 saturated carbocycles. The average Bonchev–Trinajstić information content (AvgIpc) is 3.18. The molecule has 0 bridgehead atoms. The maximum absolute atomic E-state index is 13.0. The van der Waals surface area contributed by atoms with Gasteiger partial charge in [-0.25, -0.2) is 18.4 Å². The zero-order valence-electron chi connectivity index (χ0n) is 14.7. The second-order valence-electron chi connectivity index (χ2n) is 6.82. The Hall–Kier alpha value is -1.63. The van der Waals surface area contributed by atoms with Crippen molar-refractivity contribution in [2.75, 3.05) is 5.75 Å². The van der Waals surface area contributed by atoms with E-state index in [2.05, 4.69) is 10.1 Å². The van der Waals surface area contributed by atoms with E-state index < -0.39 is 41.7 Å². The first kappa shape index (κ1) is 22.1. The van der Waals surface area contributed by atoms with Gasteiger partial charge in [0.15, 0.2) is 11.1 Å². The van der Waals surface area contributed by atoms with Crippen LogP contribution in [0.1, 0.15) is 24.0 Å². The summed E-state index contributed by atoms with van der Waals surface area (Å²) in [5.41, 5.74) is -4.04. The van der Waals surface area contributed by atoms with Crippen LogP contribution < -0.4 is 0 Å². The Labute approximate surface area is 165 Å². The maximum atomic E-state index is 13.0. The van der Waals surface area contributed by atoms with Crippen LogP contribution in [0.15, 0.2) is 36.9 Å². The highest BCUT2D eigenvalue weighted by atomic mass is 32.2. The van der Waals surface area contributed by atoms with E-state index in [-0.39, 0.29) is 30.7 Å². The van der Waals surface area contributed by atoms with Gasteiger partial charge < -0.3 is 14.3 Å². The van der Waals surface area contributed by atoms with Gasteiger partial charge in [0.25, 0.3) is 0 Å². The van der Waals surface area contributed by atoms with E-state index in [9.17, 15) is 36.3 Å². The zero-order chi connectivity index (χ0) is 21.5. The number of phosphoric acid groups is 1. The molecule has 2 atom stereocenters. The highest BCUT2D eigenvalue weighted by Gasteiger charge is 2.64. The van der Waals surface area contributed by atoms with Crippen LogP contribution in [0.4, 0.5) is 13.2 Å². The molecule has 160 valence electrons. The Bertz CT molecular complexity index is 930. The molecule has 3 N–H and O–H groups in total.